The number of hydrogen-bond acceptors (Lipinski definition) is 0. The summed E-state index contributed by atoms with van der Waals surface area (Å²) in [6.07, 6.45) is 18.2. The van der Waals surface area contributed by atoms with E-state index in [-0.39, 0.29) is 0 Å². The minimum absolute atomic E-state index is 0.930. The van der Waals surface area contributed by atoms with E-state index in [0.29, 0.717) is 0 Å². The van der Waals surface area contributed by atoms with Gasteiger partial charge in [0.15, 0.2) is 0 Å². The fourth-order valence-electron chi connectivity index (χ4n) is 2.65. The van der Waals surface area contributed by atoms with Crippen molar-refractivity contribution in [2.45, 2.75) is 91.4 Å². The van der Waals surface area contributed by atoms with Crippen LogP contribution < -0.4 is 0 Å². The van der Waals surface area contributed by atoms with E-state index in [0.717, 1.165) is 11.8 Å². The van der Waals surface area contributed by atoms with Gasteiger partial charge in [0.1, 0.15) is 0 Å². The molecule has 0 aromatic heterocycles. The zero-order valence-electron chi connectivity index (χ0n) is 13.0. The number of hydrogen-bond donors (Lipinski definition) is 0. The van der Waals surface area contributed by atoms with Crippen molar-refractivity contribution in [2.75, 3.05) is 0 Å². The standard InChI is InChI=1S/C18H34/c1-4-5-9-16(2)11-8-12-17(3)10-6-7-13-18-14-15-18/h11,17-18H,4-10,12-15H2,1-3H3. The van der Waals surface area contributed by atoms with Gasteiger partial charge < -0.3 is 0 Å². The number of unbranched alkanes of at least 4 members (excludes halogenated alkanes) is 2. The lowest BCUT2D eigenvalue weighted by Crippen LogP contribution is -1.94. The van der Waals surface area contributed by atoms with Gasteiger partial charge in [0.05, 0.1) is 0 Å². The van der Waals surface area contributed by atoms with Gasteiger partial charge in [-0.05, 0) is 44.4 Å². The highest BCUT2D eigenvalue weighted by molar-refractivity contribution is 4.97. The predicted octanol–water partition coefficient (Wildman–Crippen LogP) is 6.51. The average Bonchev–Trinajstić information content (AvgIpc) is 3.16. The molecule has 1 aliphatic carbocycles. The van der Waals surface area contributed by atoms with Crippen LogP contribution in [0.1, 0.15) is 91.4 Å². The number of allylic oxidation sites excluding steroid dienone is 2. The fraction of sp³-hybridized carbons (Fsp3) is 0.889. The molecule has 0 spiro atoms. The van der Waals surface area contributed by atoms with Crippen LogP contribution in [0.5, 0.6) is 0 Å². The molecule has 0 aliphatic heterocycles. The van der Waals surface area contributed by atoms with Gasteiger partial charge >= 0.3 is 0 Å². The van der Waals surface area contributed by atoms with Gasteiger partial charge in [-0.15, -0.1) is 0 Å². The Morgan fingerprint density at radius 2 is 1.94 bits per heavy atom. The molecule has 0 N–H and O–H groups in total. The van der Waals surface area contributed by atoms with Gasteiger partial charge in [0.25, 0.3) is 0 Å². The maximum atomic E-state index is 2.48. The van der Waals surface area contributed by atoms with Crippen molar-refractivity contribution in [2.24, 2.45) is 11.8 Å². The molecule has 0 aromatic rings. The van der Waals surface area contributed by atoms with Crippen LogP contribution in [0.25, 0.3) is 0 Å². The first-order chi connectivity index (χ1) is 8.72. The van der Waals surface area contributed by atoms with Crippen molar-refractivity contribution < 1.29 is 0 Å². The smallest absolute Gasteiger partial charge is 0.0323 e. The maximum Gasteiger partial charge on any atom is -0.0323 e. The van der Waals surface area contributed by atoms with Gasteiger partial charge in [-0.25, -0.2) is 0 Å². The summed E-state index contributed by atoms with van der Waals surface area (Å²) >= 11 is 0. The Hall–Kier alpha value is -0.260. The highest BCUT2D eigenvalue weighted by Crippen LogP contribution is 2.34. The zero-order chi connectivity index (χ0) is 13.2. The van der Waals surface area contributed by atoms with E-state index >= 15 is 0 Å². The molecule has 0 heterocycles. The van der Waals surface area contributed by atoms with Crippen LogP contribution in [-0.4, -0.2) is 0 Å². The van der Waals surface area contributed by atoms with E-state index in [1.165, 1.54) is 70.6 Å². The van der Waals surface area contributed by atoms with E-state index in [9.17, 15) is 0 Å². The zero-order valence-corrected chi connectivity index (χ0v) is 13.0. The van der Waals surface area contributed by atoms with Crippen LogP contribution in [0.2, 0.25) is 0 Å². The van der Waals surface area contributed by atoms with Crippen LogP contribution in [-0.2, 0) is 0 Å². The van der Waals surface area contributed by atoms with Crippen molar-refractivity contribution in [3.05, 3.63) is 11.6 Å². The minimum atomic E-state index is 0.930. The lowest BCUT2D eigenvalue weighted by atomic mass is 9.97. The van der Waals surface area contributed by atoms with Crippen LogP contribution in [0.15, 0.2) is 11.6 Å². The molecule has 0 heteroatoms. The molecule has 1 aliphatic rings. The Balaban J connectivity index is 1.92. The Kier molecular flexibility index (Phi) is 8.46. The third kappa shape index (κ3) is 8.78. The SMILES string of the molecule is CCCCC(C)=CCCC(C)CCCCC1CC1. The Morgan fingerprint density at radius 1 is 1.17 bits per heavy atom. The summed E-state index contributed by atoms with van der Waals surface area (Å²) in [7, 11) is 0. The molecule has 1 rings (SSSR count). The summed E-state index contributed by atoms with van der Waals surface area (Å²) in [5.41, 5.74) is 1.61. The Bertz CT molecular complexity index is 222. The third-order valence-electron chi connectivity index (χ3n) is 4.33. The van der Waals surface area contributed by atoms with Gasteiger partial charge in [-0.2, -0.15) is 0 Å². The first-order valence-electron chi connectivity index (χ1n) is 8.38. The summed E-state index contributed by atoms with van der Waals surface area (Å²) in [6, 6.07) is 0. The summed E-state index contributed by atoms with van der Waals surface area (Å²) in [5.74, 6) is 2.06. The normalized spacial score (nSPS) is 18.1. The molecule has 0 aromatic carbocycles. The highest BCUT2D eigenvalue weighted by Gasteiger charge is 2.19. The second-order valence-corrected chi connectivity index (χ2v) is 6.56. The second-order valence-electron chi connectivity index (χ2n) is 6.56. The molecule has 1 fully saturated rings. The van der Waals surface area contributed by atoms with Crippen LogP contribution in [0, 0.1) is 11.8 Å². The van der Waals surface area contributed by atoms with Gasteiger partial charge in [-0.1, -0.05) is 70.4 Å². The van der Waals surface area contributed by atoms with Crippen LogP contribution in [0.3, 0.4) is 0 Å². The predicted molar refractivity (Wildman–Crippen MR) is 82.9 cm³/mol. The van der Waals surface area contributed by atoms with Crippen LogP contribution in [0.4, 0.5) is 0 Å². The molecule has 1 unspecified atom stereocenters. The number of rotatable bonds is 11. The molecule has 0 radical (unpaired) electrons. The Labute approximate surface area is 115 Å². The van der Waals surface area contributed by atoms with E-state index in [2.05, 4.69) is 26.8 Å². The summed E-state index contributed by atoms with van der Waals surface area (Å²) in [5, 5.41) is 0. The minimum Gasteiger partial charge on any atom is -0.0856 e. The first kappa shape index (κ1) is 15.8. The van der Waals surface area contributed by atoms with Crippen molar-refractivity contribution in [1.29, 1.82) is 0 Å². The van der Waals surface area contributed by atoms with Gasteiger partial charge in [-0.3, -0.25) is 0 Å². The lowest BCUT2D eigenvalue weighted by molar-refractivity contribution is 0.458. The molecule has 1 atom stereocenters. The topological polar surface area (TPSA) is 0 Å². The molecule has 0 saturated heterocycles. The molecule has 0 amide bonds. The second kappa shape index (κ2) is 9.64. The van der Waals surface area contributed by atoms with Gasteiger partial charge in [0, 0.05) is 0 Å². The van der Waals surface area contributed by atoms with Crippen molar-refractivity contribution in [3.63, 3.8) is 0 Å². The largest absolute Gasteiger partial charge is 0.0856 e. The van der Waals surface area contributed by atoms with Gasteiger partial charge in [0.2, 0.25) is 0 Å². The molecule has 0 nitrogen and oxygen atoms in total. The average molecular weight is 250 g/mol. The first-order valence-corrected chi connectivity index (χ1v) is 8.38. The maximum absolute atomic E-state index is 2.48. The molecule has 1 saturated carbocycles. The summed E-state index contributed by atoms with van der Waals surface area (Å²) in [4.78, 5) is 0. The summed E-state index contributed by atoms with van der Waals surface area (Å²) in [6.45, 7) is 7.01. The van der Waals surface area contributed by atoms with E-state index in [1.807, 2.05) is 0 Å². The van der Waals surface area contributed by atoms with Crippen LogP contribution >= 0.6 is 0 Å². The fourth-order valence-corrected chi connectivity index (χ4v) is 2.65. The molecular formula is C18H34. The molecule has 18 heavy (non-hydrogen) atoms. The third-order valence-corrected chi connectivity index (χ3v) is 4.33. The Morgan fingerprint density at radius 3 is 2.61 bits per heavy atom. The van der Waals surface area contributed by atoms with Crippen molar-refractivity contribution in [1.82, 2.24) is 0 Å². The van der Waals surface area contributed by atoms with Crippen molar-refractivity contribution >= 4 is 0 Å². The highest BCUT2D eigenvalue weighted by atomic mass is 14.3. The molecular weight excluding hydrogens is 216 g/mol. The molecule has 106 valence electrons. The van der Waals surface area contributed by atoms with Crippen molar-refractivity contribution in [3.8, 4) is 0 Å². The summed E-state index contributed by atoms with van der Waals surface area (Å²) < 4.78 is 0. The van der Waals surface area contributed by atoms with E-state index < -0.39 is 0 Å². The monoisotopic (exact) mass is 250 g/mol. The van der Waals surface area contributed by atoms with E-state index in [1.54, 1.807) is 5.57 Å². The lowest BCUT2D eigenvalue weighted by Gasteiger charge is -2.10. The quantitative estimate of drug-likeness (QED) is 0.289. The van der Waals surface area contributed by atoms with E-state index in [4.69, 9.17) is 0 Å². The molecule has 0 bridgehead atoms.